The van der Waals surface area contributed by atoms with Gasteiger partial charge in [-0.25, -0.2) is 0 Å². The predicted octanol–water partition coefficient (Wildman–Crippen LogP) is 4.36. The summed E-state index contributed by atoms with van der Waals surface area (Å²) in [5.41, 5.74) is -3.43. The molecule has 0 aliphatic carbocycles. The molecule has 0 aliphatic heterocycles. The van der Waals surface area contributed by atoms with E-state index in [0.29, 0.717) is 10.7 Å². The van der Waals surface area contributed by atoms with Gasteiger partial charge in [0.15, 0.2) is 11.5 Å². The lowest BCUT2D eigenvalue weighted by atomic mass is 10.1. The van der Waals surface area contributed by atoms with Crippen molar-refractivity contribution < 1.29 is 31.1 Å². The molecule has 0 fully saturated rings. The number of hydrogen-bond acceptors (Lipinski definition) is 2. The summed E-state index contributed by atoms with van der Waals surface area (Å²) in [6, 6.07) is 3.85. The van der Waals surface area contributed by atoms with E-state index in [1.165, 1.54) is 6.07 Å². The SMILES string of the molecule is Cn1nc(C(F)(F)F)c(Cl)c1NC(=O)c1ccccc1C(F)(F)F. The van der Waals surface area contributed by atoms with E-state index < -0.39 is 45.9 Å². The molecule has 1 N–H and O–H groups in total. The molecule has 0 radical (unpaired) electrons. The van der Waals surface area contributed by atoms with Gasteiger partial charge in [0, 0.05) is 7.05 Å². The highest BCUT2D eigenvalue weighted by Crippen LogP contribution is 2.38. The zero-order valence-electron chi connectivity index (χ0n) is 11.8. The van der Waals surface area contributed by atoms with Crippen LogP contribution in [-0.4, -0.2) is 15.7 Å². The van der Waals surface area contributed by atoms with E-state index in [4.69, 9.17) is 11.6 Å². The van der Waals surface area contributed by atoms with Gasteiger partial charge in [-0.15, -0.1) is 0 Å². The van der Waals surface area contributed by atoms with Gasteiger partial charge in [-0.3, -0.25) is 9.48 Å². The van der Waals surface area contributed by atoms with Gasteiger partial charge in [0.2, 0.25) is 0 Å². The van der Waals surface area contributed by atoms with Crippen molar-refractivity contribution in [3.63, 3.8) is 0 Å². The highest BCUT2D eigenvalue weighted by molar-refractivity contribution is 6.34. The number of carbonyl (C=O) groups excluding carboxylic acids is 1. The molecule has 2 rings (SSSR count). The molecule has 4 nitrogen and oxygen atoms in total. The van der Waals surface area contributed by atoms with Crippen molar-refractivity contribution in [2.75, 3.05) is 5.32 Å². The molecule has 0 unspecified atom stereocenters. The Hall–Kier alpha value is -2.23. The van der Waals surface area contributed by atoms with Gasteiger partial charge in [0.1, 0.15) is 5.02 Å². The summed E-state index contributed by atoms with van der Waals surface area (Å²) in [5.74, 6) is -1.83. The molecule has 1 aromatic carbocycles. The third kappa shape index (κ3) is 3.48. The summed E-state index contributed by atoms with van der Waals surface area (Å²) >= 11 is 5.54. The van der Waals surface area contributed by atoms with Crippen molar-refractivity contribution in [1.29, 1.82) is 0 Å². The van der Waals surface area contributed by atoms with Crippen molar-refractivity contribution in [2.45, 2.75) is 12.4 Å². The molecule has 0 bridgehead atoms. The summed E-state index contributed by atoms with van der Waals surface area (Å²) in [4.78, 5) is 12.1. The second-order valence-electron chi connectivity index (χ2n) is 4.63. The molecule has 0 aliphatic rings. The van der Waals surface area contributed by atoms with Crippen LogP contribution in [0.25, 0.3) is 0 Å². The van der Waals surface area contributed by atoms with Gasteiger partial charge < -0.3 is 5.32 Å². The summed E-state index contributed by atoms with van der Waals surface area (Å²) in [6.07, 6.45) is -9.68. The minimum absolute atomic E-state index is 0.564. The monoisotopic (exact) mass is 371 g/mol. The average Bonchev–Trinajstić information content (AvgIpc) is 2.74. The van der Waals surface area contributed by atoms with Crippen LogP contribution in [0.3, 0.4) is 0 Å². The van der Waals surface area contributed by atoms with Gasteiger partial charge in [-0.05, 0) is 12.1 Å². The second kappa shape index (κ2) is 6.00. The number of alkyl halides is 6. The lowest BCUT2D eigenvalue weighted by Gasteiger charge is -2.12. The van der Waals surface area contributed by atoms with Gasteiger partial charge in [0.25, 0.3) is 5.91 Å². The summed E-state index contributed by atoms with van der Waals surface area (Å²) in [6.45, 7) is 0. The third-order valence-electron chi connectivity index (χ3n) is 2.97. The van der Waals surface area contributed by atoms with Crippen molar-refractivity contribution in [2.24, 2.45) is 7.05 Å². The maximum absolute atomic E-state index is 12.9. The number of nitrogens with one attached hydrogen (secondary N) is 1. The van der Waals surface area contributed by atoms with Crippen molar-refractivity contribution in [1.82, 2.24) is 9.78 Å². The minimum Gasteiger partial charge on any atom is -0.305 e. The van der Waals surface area contributed by atoms with E-state index in [9.17, 15) is 31.1 Å². The maximum atomic E-state index is 12.9. The minimum atomic E-state index is -4.87. The van der Waals surface area contributed by atoms with Crippen molar-refractivity contribution >= 4 is 23.3 Å². The summed E-state index contributed by atoms with van der Waals surface area (Å²) < 4.78 is 77.4. The third-order valence-corrected chi connectivity index (χ3v) is 3.32. The molecule has 0 saturated carbocycles. The van der Waals surface area contributed by atoms with Crippen molar-refractivity contribution in [3.05, 3.63) is 46.1 Å². The number of hydrogen-bond donors (Lipinski definition) is 1. The van der Waals surface area contributed by atoms with Gasteiger partial charge in [0.05, 0.1) is 11.1 Å². The topological polar surface area (TPSA) is 46.9 Å². The number of aryl methyl sites for hydroxylation is 1. The molecule has 0 atom stereocenters. The second-order valence-corrected chi connectivity index (χ2v) is 5.01. The van der Waals surface area contributed by atoms with Crippen LogP contribution < -0.4 is 5.32 Å². The number of halogens is 7. The smallest absolute Gasteiger partial charge is 0.305 e. The molecule has 130 valence electrons. The van der Waals surface area contributed by atoms with Gasteiger partial charge >= 0.3 is 12.4 Å². The molecule has 0 spiro atoms. The molecule has 0 saturated heterocycles. The first kappa shape index (κ1) is 18.1. The van der Waals surface area contributed by atoms with Crippen LogP contribution in [0.2, 0.25) is 5.02 Å². The van der Waals surface area contributed by atoms with E-state index in [-0.39, 0.29) is 0 Å². The fourth-order valence-electron chi connectivity index (χ4n) is 1.92. The van der Waals surface area contributed by atoms with E-state index in [1.807, 2.05) is 5.32 Å². The fourth-order valence-corrected chi connectivity index (χ4v) is 2.23. The maximum Gasteiger partial charge on any atom is 0.436 e. The molecular weight excluding hydrogens is 364 g/mol. The Morgan fingerprint density at radius 1 is 1.12 bits per heavy atom. The van der Waals surface area contributed by atoms with Crippen LogP contribution >= 0.6 is 11.6 Å². The van der Waals surface area contributed by atoms with Crippen LogP contribution in [0.4, 0.5) is 32.2 Å². The molecule has 1 amide bonds. The van der Waals surface area contributed by atoms with Crippen LogP contribution in [0, 0.1) is 0 Å². The van der Waals surface area contributed by atoms with Gasteiger partial charge in [-0.2, -0.15) is 31.4 Å². The highest BCUT2D eigenvalue weighted by Gasteiger charge is 2.39. The van der Waals surface area contributed by atoms with Crippen LogP contribution in [-0.2, 0) is 19.4 Å². The Bertz CT molecular complexity index is 781. The van der Waals surface area contributed by atoms with Gasteiger partial charge in [-0.1, -0.05) is 23.7 Å². The zero-order chi connectivity index (χ0) is 18.3. The number of carbonyl (C=O) groups is 1. The number of anilines is 1. The largest absolute Gasteiger partial charge is 0.436 e. The Morgan fingerprint density at radius 3 is 2.21 bits per heavy atom. The lowest BCUT2D eigenvalue weighted by Crippen LogP contribution is -2.20. The molecule has 1 heterocycles. The number of nitrogens with zero attached hydrogens (tertiary/aromatic N) is 2. The zero-order valence-corrected chi connectivity index (χ0v) is 12.5. The summed E-state index contributed by atoms with van der Waals surface area (Å²) in [7, 11) is 1.06. The Labute approximate surface area is 136 Å². The Kier molecular flexibility index (Phi) is 4.53. The Morgan fingerprint density at radius 2 is 1.71 bits per heavy atom. The molecule has 24 heavy (non-hydrogen) atoms. The normalized spacial score (nSPS) is 12.3. The number of amides is 1. The van der Waals surface area contributed by atoms with E-state index in [0.717, 1.165) is 19.2 Å². The van der Waals surface area contributed by atoms with Crippen LogP contribution in [0.5, 0.6) is 0 Å². The molecule has 1 aromatic heterocycles. The predicted molar refractivity (Wildman–Crippen MR) is 72.6 cm³/mol. The highest BCUT2D eigenvalue weighted by atomic mass is 35.5. The standard InChI is InChI=1S/C13H8ClF6N3O/c1-23-10(8(14)9(22-23)13(18,19)20)21-11(24)6-4-2-3-5-7(6)12(15,16)17/h2-5H,1H3,(H,21,24). The fraction of sp³-hybridized carbons (Fsp3) is 0.231. The number of rotatable bonds is 2. The molecular formula is C13H8ClF6N3O. The van der Waals surface area contributed by atoms with Crippen LogP contribution in [0.1, 0.15) is 21.6 Å². The lowest BCUT2D eigenvalue weighted by molar-refractivity contribution is -0.141. The quantitative estimate of drug-likeness (QED) is 0.797. The first-order valence-electron chi connectivity index (χ1n) is 6.20. The summed E-state index contributed by atoms with van der Waals surface area (Å²) in [5, 5.41) is 4.14. The van der Waals surface area contributed by atoms with E-state index >= 15 is 0 Å². The van der Waals surface area contributed by atoms with E-state index in [1.54, 1.807) is 0 Å². The first-order valence-corrected chi connectivity index (χ1v) is 6.58. The van der Waals surface area contributed by atoms with Crippen molar-refractivity contribution in [3.8, 4) is 0 Å². The molecule has 2 aromatic rings. The number of aromatic nitrogens is 2. The Balaban J connectivity index is 2.41. The number of benzene rings is 1. The van der Waals surface area contributed by atoms with Crippen LogP contribution in [0.15, 0.2) is 24.3 Å². The first-order chi connectivity index (χ1) is 10.9. The molecule has 11 heteroatoms. The van der Waals surface area contributed by atoms with E-state index in [2.05, 4.69) is 5.10 Å². The average molecular weight is 372 g/mol.